The number of ether oxygens (including phenoxy) is 2. The van der Waals surface area contributed by atoms with E-state index in [4.69, 9.17) is 9.47 Å². The van der Waals surface area contributed by atoms with Crippen molar-refractivity contribution in [2.75, 3.05) is 6.61 Å². The number of unbranched alkanes of at least 4 members (excludes halogenated alkanes) is 11. The standard InChI is InChI=1S/C25H46O6/c1-3-4-5-6-7-8-9-10-11-12-13-14-15-16-17-18-22(26)30-19-21-24(28)25(29)23(27)20(2)31-21/h10-11,20-21,23-25,27-29H,3-9,12-19H2,1-2H3/b11-10-. The van der Waals surface area contributed by atoms with Crippen LogP contribution in [0.4, 0.5) is 0 Å². The number of allylic oxidation sites excluding steroid dienone is 2. The summed E-state index contributed by atoms with van der Waals surface area (Å²) in [5, 5.41) is 29.4. The molecule has 0 amide bonds. The first-order valence-electron chi connectivity index (χ1n) is 12.5. The van der Waals surface area contributed by atoms with Crippen LogP contribution in [0, 0.1) is 0 Å². The van der Waals surface area contributed by atoms with Crippen molar-refractivity contribution in [2.24, 2.45) is 0 Å². The third kappa shape index (κ3) is 12.6. The Bertz CT molecular complexity index is 481. The second kappa shape index (κ2) is 17.6. The van der Waals surface area contributed by atoms with Crippen LogP contribution in [0.1, 0.15) is 104 Å². The van der Waals surface area contributed by atoms with Crippen molar-refractivity contribution < 1.29 is 29.6 Å². The number of carbonyl (C=O) groups is 1. The van der Waals surface area contributed by atoms with Crippen molar-refractivity contribution in [1.29, 1.82) is 0 Å². The van der Waals surface area contributed by atoms with E-state index in [0.29, 0.717) is 6.42 Å². The van der Waals surface area contributed by atoms with E-state index in [1.165, 1.54) is 57.8 Å². The van der Waals surface area contributed by atoms with Crippen molar-refractivity contribution >= 4 is 5.97 Å². The van der Waals surface area contributed by atoms with Crippen molar-refractivity contribution in [1.82, 2.24) is 0 Å². The first kappa shape index (κ1) is 28.1. The molecular weight excluding hydrogens is 396 g/mol. The highest BCUT2D eigenvalue weighted by Gasteiger charge is 2.42. The van der Waals surface area contributed by atoms with E-state index in [2.05, 4.69) is 19.1 Å². The fourth-order valence-electron chi connectivity index (χ4n) is 3.86. The summed E-state index contributed by atoms with van der Waals surface area (Å²) in [6, 6.07) is 0. The molecule has 0 bridgehead atoms. The van der Waals surface area contributed by atoms with E-state index in [1.54, 1.807) is 6.92 Å². The van der Waals surface area contributed by atoms with Crippen LogP contribution >= 0.6 is 0 Å². The lowest BCUT2D eigenvalue weighted by atomic mass is 9.96. The van der Waals surface area contributed by atoms with Gasteiger partial charge in [-0.3, -0.25) is 4.79 Å². The molecule has 0 aromatic carbocycles. The van der Waals surface area contributed by atoms with Crippen LogP contribution in [0.25, 0.3) is 0 Å². The fourth-order valence-corrected chi connectivity index (χ4v) is 3.86. The van der Waals surface area contributed by atoms with Gasteiger partial charge < -0.3 is 24.8 Å². The molecular formula is C25H46O6. The summed E-state index contributed by atoms with van der Waals surface area (Å²) in [7, 11) is 0. The van der Waals surface area contributed by atoms with Crippen molar-refractivity contribution in [3.63, 3.8) is 0 Å². The van der Waals surface area contributed by atoms with Gasteiger partial charge in [0.05, 0.1) is 6.10 Å². The average molecular weight is 443 g/mol. The Kier molecular flexibility index (Phi) is 15.9. The van der Waals surface area contributed by atoms with Gasteiger partial charge in [-0.25, -0.2) is 0 Å². The minimum atomic E-state index is -1.29. The number of aliphatic hydroxyl groups is 3. The summed E-state index contributed by atoms with van der Waals surface area (Å²) < 4.78 is 10.6. The SMILES string of the molecule is CCCCCCCC/C=C\CCCCCCCC(=O)OCC1OC(C)C(O)C(O)C1O. The topological polar surface area (TPSA) is 96.2 Å². The zero-order chi connectivity index (χ0) is 22.9. The second-order valence-corrected chi connectivity index (χ2v) is 8.87. The van der Waals surface area contributed by atoms with Crippen molar-refractivity contribution in [3.8, 4) is 0 Å². The number of aliphatic hydroxyl groups excluding tert-OH is 3. The summed E-state index contributed by atoms with van der Waals surface area (Å²) in [6.45, 7) is 3.75. The molecule has 3 N–H and O–H groups in total. The molecule has 5 unspecified atom stereocenters. The van der Waals surface area contributed by atoms with Crippen LogP contribution in [0.2, 0.25) is 0 Å². The summed E-state index contributed by atoms with van der Waals surface area (Å²) in [6.07, 6.45) is 15.6. The van der Waals surface area contributed by atoms with Crippen LogP contribution in [0.15, 0.2) is 12.2 Å². The fraction of sp³-hybridized carbons (Fsp3) is 0.880. The second-order valence-electron chi connectivity index (χ2n) is 8.87. The van der Waals surface area contributed by atoms with Crippen molar-refractivity contribution in [3.05, 3.63) is 12.2 Å². The maximum Gasteiger partial charge on any atom is 0.305 e. The van der Waals surface area contributed by atoms with Gasteiger partial charge in [-0.1, -0.05) is 70.4 Å². The number of rotatable bonds is 17. The highest BCUT2D eigenvalue weighted by atomic mass is 16.6. The Morgan fingerprint density at radius 2 is 1.35 bits per heavy atom. The van der Waals surface area contributed by atoms with Crippen LogP contribution in [-0.4, -0.2) is 58.4 Å². The predicted octanol–water partition coefficient (Wildman–Crippen LogP) is 4.44. The van der Waals surface area contributed by atoms with Crippen LogP contribution < -0.4 is 0 Å². The lowest BCUT2D eigenvalue weighted by molar-refractivity contribution is -0.227. The molecule has 1 fully saturated rings. The molecule has 0 aliphatic carbocycles. The van der Waals surface area contributed by atoms with E-state index in [1.807, 2.05) is 0 Å². The Hall–Kier alpha value is -0.950. The molecule has 0 saturated carbocycles. The molecule has 0 spiro atoms. The van der Waals surface area contributed by atoms with Gasteiger partial charge in [-0.15, -0.1) is 0 Å². The molecule has 0 aromatic rings. The maximum absolute atomic E-state index is 11.9. The summed E-state index contributed by atoms with van der Waals surface area (Å²) >= 11 is 0. The normalized spacial score (nSPS) is 26.4. The molecule has 1 aliphatic rings. The highest BCUT2D eigenvalue weighted by Crippen LogP contribution is 2.21. The summed E-state index contributed by atoms with van der Waals surface area (Å²) in [5.74, 6) is -0.318. The van der Waals surface area contributed by atoms with Gasteiger partial charge in [0.2, 0.25) is 0 Å². The van der Waals surface area contributed by atoms with Gasteiger partial charge in [0.25, 0.3) is 0 Å². The largest absolute Gasteiger partial charge is 0.463 e. The third-order valence-corrected chi connectivity index (χ3v) is 6.00. The minimum Gasteiger partial charge on any atom is -0.463 e. The minimum absolute atomic E-state index is 0.112. The van der Waals surface area contributed by atoms with Gasteiger partial charge in [0.15, 0.2) is 0 Å². The first-order valence-corrected chi connectivity index (χ1v) is 12.5. The smallest absolute Gasteiger partial charge is 0.305 e. The van der Waals surface area contributed by atoms with E-state index < -0.39 is 30.5 Å². The molecule has 1 heterocycles. The van der Waals surface area contributed by atoms with Crippen LogP contribution in [0.3, 0.4) is 0 Å². The Morgan fingerprint density at radius 3 is 1.97 bits per heavy atom. The predicted molar refractivity (Wildman–Crippen MR) is 123 cm³/mol. The third-order valence-electron chi connectivity index (χ3n) is 6.00. The number of hydrogen-bond donors (Lipinski definition) is 3. The summed E-state index contributed by atoms with van der Waals surface area (Å²) in [4.78, 5) is 11.9. The van der Waals surface area contributed by atoms with Gasteiger partial charge in [0.1, 0.15) is 31.0 Å². The molecule has 1 aliphatic heterocycles. The number of esters is 1. The molecule has 31 heavy (non-hydrogen) atoms. The molecule has 1 rings (SSSR count). The van der Waals surface area contributed by atoms with E-state index in [0.717, 1.165) is 25.7 Å². The van der Waals surface area contributed by atoms with Crippen LogP contribution in [0.5, 0.6) is 0 Å². The number of hydrogen-bond acceptors (Lipinski definition) is 6. The molecule has 0 radical (unpaired) electrons. The van der Waals surface area contributed by atoms with Gasteiger partial charge in [-0.2, -0.15) is 0 Å². The van der Waals surface area contributed by atoms with Gasteiger partial charge >= 0.3 is 5.97 Å². The van der Waals surface area contributed by atoms with Crippen molar-refractivity contribution in [2.45, 2.75) is 134 Å². The van der Waals surface area contributed by atoms with Crippen LogP contribution in [-0.2, 0) is 14.3 Å². The Morgan fingerprint density at radius 1 is 0.806 bits per heavy atom. The zero-order valence-corrected chi connectivity index (χ0v) is 19.7. The molecule has 182 valence electrons. The van der Waals surface area contributed by atoms with E-state index in [-0.39, 0.29) is 12.6 Å². The summed E-state index contributed by atoms with van der Waals surface area (Å²) in [5.41, 5.74) is 0. The molecule has 6 nitrogen and oxygen atoms in total. The molecule has 0 aromatic heterocycles. The monoisotopic (exact) mass is 442 g/mol. The van der Waals surface area contributed by atoms with E-state index in [9.17, 15) is 20.1 Å². The van der Waals surface area contributed by atoms with Gasteiger partial charge in [0, 0.05) is 6.42 Å². The Balaban J connectivity index is 1.93. The lowest BCUT2D eigenvalue weighted by Gasteiger charge is -2.38. The molecule has 5 atom stereocenters. The first-order chi connectivity index (χ1) is 15.0. The quantitative estimate of drug-likeness (QED) is 0.175. The zero-order valence-electron chi connectivity index (χ0n) is 19.7. The van der Waals surface area contributed by atoms with Gasteiger partial charge in [-0.05, 0) is 39.0 Å². The molecule has 1 saturated heterocycles. The Labute approximate surface area is 189 Å². The maximum atomic E-state index is 11.9. The lowest BCUT2D eigenvalue weighted by Crippen LogP contribution is -2.57. The molecule has 6 heteroatoms. The average Bonchev–Trinajstić information content (AvgIpc) is 2.76. The van der Waals surface area contributed by atoms with E-state index >= 15 is 0 Å². The highest BCUT2D eigenvalue weighted by molar-refractivity contribution is 5.69. The number of carbonyl (C=O) groups excluding carboxylic acids is 1.